The minimum atomic E-state index is -1.76. The molecule has 0 aromatic carbocycles. The van der Waals surface area contributed by atoms with Gasteiger partial charge in [-0.05, 0) is 20.8 Å². The molecule has 0 radical (unpaired) electrons. The highest BCUT2D eigenvalue weighted by Gasteiger charge is 2.59. The Balaban J connectivity index is 3.05. The molecule has 6 nitrogen and oxygen atoms in total. The van der Waals surface area contributed by atoms with Crippen molar-refractivity contribution in [2.75, 3.05) is 7.11 Å². The van der Waals surface area contributed by atoms with Crippen LogP contribution in [-0.4, -0.2) is 63.3 Å². The molecule has 1 fully saturated rings. The zero-order chi connectivity index (χ0) is 12.7. The first-order valence-electron chi connectivity index (χ1n) is 5.14. The molecule has 6 atom stereocenters. The second-order valence-electron chi connectivity index (χ2n) is 4.72. The first kappa shape index (κ1) is 13.8. The summed E-state index contributed by atoms with van der Waals surface area (Å²) in [7, 11) is 1.31. The van der Waals surface area contributed by atoms with Crippen LogP contribution >= 0.6 is 0 Å². The van der Waals surface area contributed by atoms with Gasteiger partial charge in [0.2, 0.25) is 0 Å². The molecular formula is C10H20O6. The maximum Gasteiger partial charge on any atom is 0.188 e. The summed E-state index contributed by atoms with van der Waals surface area (Å²) in [4.78, 5) is 0. The predicted octanol–water partition coefficient (Wildman–Crippen LogP) is -1.40. The van der Waals surface area contributed by atoms with Crippen LogP contribution in [0.4, 0.5) is 0 Å². The number of ether oxygens (including phenoxy) is 2. The predicted molar refractivity (Wildman–Crippen MR) is 54.6 cm³/mol. The Morgan fingerprint density at radius 3 is 2.12 bits per heavy atom. The fraction of sp³-hybridized carbons (Fsp3) is 1.00. The summed E-state index contributed by atoms with van der Waals surface area (Å²) in [5.41, 5.74) is -3.50. The van der Waals surface area contributed by atoms with Crippen molar-refractivity contribution in [3.05, 3.63) is 0 Å². The van der Waals surface area contributed by atoms with E-state index in [1.54, 1.807) is 0 Å². The van der Waals surface area contributed by atoms with Gasteiger partial charge in [0.1, 0.15) is 23.4 Å². The van der Waals surface area contributed by atoms with Crippen molar-refractivity contribution in [2.45, 2.75) is 56.6 Å². The maximum atomic E-state index is 10.1. The molecular weight excluding hydrogens is 216 g/mol. The van der Waals surface area contributed by atoms with Crippen molar-refractivity contribution >= 4 is 0 Å². The normalized spacial score (nSPS) is 51.4. The van der Waals surface area contributed by atoms with Crippen molar-refractivity contribution in [2.24, 2.45) is 0 Å². The molecule has 96 valence electrons. The summed E-state index contributed by atoms with van der Waals surface area (Å²) in [6.45, 7) is 4.03. The lowest BCUT2D eigenvalue weighted by atomic mass is 9.77. The molecule has 6 heteroatoms. The summed E-state index contributed by atoms with van der Waals surface area (Å²) in [6, 6.07) is 0. The molecule has 1 heterocycles. The zero-order valence-electron chi connectivity index (χ0n) is 9.91. The van der Waals surface area contributed by atoms with Gasteiger partial charge in [0, 0.05) is 7.11 Å². The Labute approximate surface area is 94.4 Å². The van der Waals surface area contributed by atoms with E-state index in [0.717, 1.165) is 0 Å². The maximum absolute atomic E-state index is 10.1. The summed E-state index contributed by atoms with van der Waals surface area (Å²) >= 11 is 0. The fourth-order valence-corrected chi connectivity index (χ4v) is 2.18. The van der Waals surface area contributed by atoms with E-state index in [-0.39, 0.29) is 0 Å². The highest BCUT2D eigenvalue weighted by Crippen LogP contribution is 2.37. The van der Waals surface area contributed by atoms with Gasteiger partial charge in [0.15, 0.2) is 6.29 Å². The van der Waals surface area contributed by atoms with Crippen LogP contribution in [0.15, 0.2) is 0 Å². The topological polar surface area (TPSA) is 99.4 Å². The molecule has 0 spiro atoms. The lowest BCUT2D eigenvalue weighted by molar-refractivity contribution is -0.361. The number of aliphatic hydroxyl groups excluding tert-OH is 2. The average Bonchev–Trinajstić information content (AvgIpc) is 2.14. The van der Waals surface area contributed by atoms with Gasteiger partial charge in [-0.15, -0.1) is 0 Å². The molecule has 1 unspecified atom stereocenters. The molecule has 1 rings (SSSR count). The smallest absolute Gasteiger partial charge is 0.188 e. The van der Waals surface area contributed by atoms with Crippen LogP contribution in [0, 0.1) is 0 Å². The van der Waals surface area contributed by atoms with E-state index >= 15 is 0 Å². The van der Waals surface area contributed by atoms with E-state index in [1.807, 2.05) is 0 Å². The third kappa shape index (κ3) is 1.97. The second-order valence-corrected chi connectivity index (χ2v) is 4.72. The van der Waals surface area contributed by atoms with Crippen molar-refractivity contribution in [3.63, 3.8) is 0 Å². The summed E-state index contributed by atoms with van der Waals surface area (Å²) < 4.78 is 10.2. The van der Waals surface area contributed by atoms with Crippen molar-refractivity contribution in [3.8, 4) is 0 Å². The second kappa shape index (κ2) is 4.21. The molecule has 16 heavy (non-hydrogen) atoms. The highest BCUT2D eigenvalue weighted by atomic mass is 16.7. The number of hydrogen-bond acceptors (Lipinski definition) is 6. The first-order chi connectivity index (χ1) is 7.15. The van der Waals surface area contributed by atoms with Gasteiger partial charge < -0.3 is 29.9 Å². The van der Waals surface area contributed by atoms with Crippen LogP contribution in [0.5, 0.6) is 0 Å². The van der Waals surface area contributed by atoms with Crippen molar-refractivity contribution in [1.82, 2.24) is 0 Å². The number of rotatable bonds is 2. The minimum Gasteiger partial charge on any atom is -0.391 e. The number of methoxy groups -OCH3 is 1. The molecule has 1 aliphatic heterocycles. The molecule has 0 bridgehead atoms. The first-order valence-corrected chi connectivity index (χ1v) is 5.14. The van der Waals surface area contributed by atoms with E-state index < -0.39 is 35.8 Å². The largest absolute Gasteiger partial charge is 0.391 e. The average molecular weight is 236 g/mol. The summed E-state index contributed by atoms with van der Waals surface area (Å²) in [5.74, 6) is 0. The van der Waals surface area contributed by atoms with Gasteiger partial charge >= 0.3 is 0 Å². The summed E-state index contributed by atoms with van der Waals surface area (Å²) in [6.07, 6.45) is -4.63. The van der Waals surface area contributed by atoms with Crippen molar-refractivity contribution in [1.29, 1.82) is 0 Å². The molecule has 0 aliphatic carbocycles. The number of hydrogen-bond donors (Lipinski definition) is 4. The summed E-state index contributed by atoms with van der Waals surface area (Å²) in [5, 5.41) is 39.5. The van der Waals surface area contributed by atoms with E-state index in [2.05, 4.69) is 0 Å². The molecule has 0 aromatic rings. The fourth-order valence-electron chi connectivity index (χ4n) is 2.18. The molecule has 4 N–H and O–H groups in total. The minimum absolute atomic E-state index is 1.00. The van der Waals surface area contributed by atoms with Gasteiger partial charge in [-0.25, -0.2) is 0 Å². The Morgan fingerprint density at radius 2 is 1.75 bits per heavy atom. The van der Waals surface area contributed by atoms with Crippen LogP contribution in [-0.2, 0) is 9.47 Å². The van der Waals surface area contributed by atoms with Gasteiger partial charge in [0.25, 0.3) is 0 Å². The van der Waals surface area contributed by atoms with Crippen LogP contribution in [0.3, 0.4) is 0 Å². The van der Waals surface area contributed by atoms with Crippen LogP contribution in [0.25, 0.3) is 0 Å². The Hall–Kier alpha value is -0.240. The molecule has 0 saturated carbocycles. The SMILES string of the molecule is CO[C@H]1O[C@H](C(C)O)[C@@](C)(O)[C@H](O)[C@@]1(C)O. The standard InChI is InChI=1S/C10H20O6/c1-5(11)6-9(2,13)7(12)10(3,14)8(15-4)16-6/h5-8,11-14H,1-4H3/t5?,6-,7+,8+,9-,10-/m1/s1. The zero-order valence-corrected chi connectivity index (χ0v) is 9.91. The van der Waals surface area contributed by atoms with Crippen LogP contribution < -0.4 is 0 Å². The van der Waals surface area contributed by atoms with Crippen LogP contribution in [0.1, 0.15) is 20.8 Å². The third-order valence-corrected chi connectivity index (χ3v) is 3.08. The third-order valence-electron chi connectivity index (χ3n) is 3.08. The molecule has 0 aromatic heterocycles. The lowest BCUT2D eigenvalue weighted by Crippen LogP contribution is -2.72. The molecule has 0 amide bonds. The van der Waals surface area contributed by atoms with E-state index in [1.165, 1.54) is 27.9 Å². The quantitative estimate of drug-likeness (QED) is 0.471. The highest BCUT2D eigenvalue weighted by molar-refractivity contribution is 5.06. The van der Waals surface area contributed by atoms with E-state index in [9.17, 15) is 20.4 Å². The van der Waals surface area contributed by atoms with E-state index in [0.29, 0.717) is 0 Å². The van der Waals surface area contributed by atoms with Gasteiger partial charge in [-0.2, -0.15) is 0 Å². The van der Waals surface area contributed by atoms with Gasteiger partial charge in [-0.3, -0.25) is 0 Å². The Morgan fingerprint density at radius 1 is 1.25 bits per heavy atom. The Bertz CT molecular complexity index is 246. The molecule has 1 aliphatic rings. The lowest BCUT2D eigenvalue weighted by Gasteiger charge is -2.51. The van der Waals surface area contributed by atoms with E-state index in [4.69, 9.17) is 9.47 Å². The van der Waals surface area contributed by atoms with Crippen LogP contribution in [0.2, 0.25) is 0 Å². The Kier molecular flexibility index (Phi) is 3.64. The van der Waals surface area contributed by atoms with Gasteiger partial charge in [-0.1, -0.05) is 0 Å². The molecule has 1 saturated heterocycles. The van der Waals surface area contributed by atoms with Gasteiger partial charge in [0.05, 0.1) is 6.10 Å². The monoisotopic (exact) mass is 236 g/mol. The number of aliphatic hydroxyl groups is 4. The van der Waals surface area contributed by atoms with Crippen molar-refractivity contribution < 1.29 is 29.9 Å².